The van der Waals surface area contributed by atoms with E-state index in [1.807, 2.05) is 19.3 Å². The van der Waals surface area contributed by atoms with Crippen LogP contribution in [-0.2, 0) is 14.6 Å². The number of nitrogens with zero attached hydrogens (tertiary/aromatic N) is 5. The van der Waals surface area contributed by atoms with Gasteiger partial charge in [0.05, 0.1) is 41.6 Å². The van der Waals surface area contributed by atoms with Crippen LogP contribution in [0.15, 0.2) is 18.6 Å². The molecule has 6 rings (SSSR count). The summed E-state index contributed by atoms with van der Waals surface area (Å²) < 4.78 is 30.4. The van der Waals surface area contributed by atoms with Crippen molar-refractivity contribution >= 4 is 15.8 Å². The number of hydrogen-bond acceptors (Lipinski definition) is 10. The molecule has 4 fully saturated rings. The molecule has 3 aliphatic heterocycles. The summed E-state index contributed by atoms with van der Waals surface area (Å²) in [5, 5.41) is 8.27. The molecule has 1 saturated carbocycles. The highest BCUT2D eigenvalue weighted by molar-refractivity contribution is 7.91. The number of anilines is 1. The maximum Gasteiger partial charge on any atom is 0.225 e. The Bertz CT molecular complexity index is 1210. The molecule has 5 heterocycles. The zero-order chi connectivity index (χ0) is 25.1. The minimum atomic E-state index is -2.88. The highest BCUT2D eigenvalue weighted by atomic mass is 32.2. The van der Waals surface area contributed by atoms with Crippen molar-refractivity contribution in [3.8, 4) is 0 Å². The first-order chi connectivity index (χ1) is 17.2. The van der Waals surface area contributed by atoms with E-state index >= 15 is 0 Å². The molecular weight excluding hydrogens is 478 g/mol. The molecule has 194 valence electrons. The Labute approximate surface area is 212 Å². The van der Waals surface area contributed by atoms with Crippen molar-refractivity contribution in [1.29, 1.82) is 0 Å². The van der Waals surface area contributed by atoms with Crippen molar-refractivity contribution in [3.05, 3.63) is 41.0 Å². The van der Waals surface area contributed by atoms with Crippen molar-refractivity contribution in [1.82, 2.24) is 31.0 Å². The molecule has 4 unspecified atom stereocenters. The lowest BCUT2D eigenvalue weighted by Crippen LogP contribution is -2.57. The molecule has 0 aromatic carbocycles. The highest BCUT2D eigenvalue weighted by Crippen LogP contribution is 2.43. The van der Waals surface area contributed by atoms with E-state index in [9.17, 15) is 8.42 Å². The van der Waals surface area contributed by atoms with Crippen molar-refractivity contribution in [3.63, 3.8) is 0 Å². The Kier molecular flexibility index (Phi) is 6.01. The molecule has 1 spiro atoms. The van der Waals surface area contributed by atoms with Gasteiger partial charge in [0.2, 0.25) is 5.95 Å². The molecular formula is C25H35N7O3S. The lowest BCUT2D eigenvalue weighted by atomic mass is 9.78. The van der Waals surface area contributed by atoms with Crippen LogP contribution in [-0.4, -0.2) is 65.3 Å². The van der Waals surface area contributed by atoms with Crippen molar-refractivity contribution < 1.29 is 13.2 Å². The third-order valence-electron chi connectivity index (χ3n) is 8.60. The number of nitrogens with one attached hydrogen (secondary N) is 2. The summed E-state index contributed by atoms with van der Waals surface area (Å²) in [6.45, 7) is 7.62. The number of aryl methyl sites for hydroxylation is 2. The maximum atomic E-state index is 11.9. The summed E-state index contributed by atoms with van der Waals surface area (Å²) in [6, 6.07) is 0.523. The standard InChI is InChI=1S/C25H35N7O3S/c1-15-9-28-29-16(2)22(15)17(3)35-19-4-5-21-20(8-19)23(31-30-21)18-10-26-24(27-11-18)32-12-25(13-32)6-7-36(33,34)14-25/h9-11,17,19-21,23,30-31H,4-8,12-14H2,1-3H3/t17-,19?,20?,21?,23?/m0/s1. The molecule has 3 saturated heterocycles. The van der Waals surface area contributed by atoms with Crippen LogP contribution in [0.4, 0.5) is 5.95 Å². The number of rotatable bonds is 5. The van der Waals surface area contributed by atoms with E-state index in [1.54, 1.807) is 6.20 Å². The lowest BCUT2D eigenvalue weighted by molar-refractivity contribution is -0.0377. The number of hydrazine groups is 1. The first-order valence-electron chi connectivity index (χ1n) is 12.9. The van der Waals surface area contributed by atoms with Gasteiger partial charge >= 0.3 is 0 Å². The van der Waals surface area contributed by atoms with Crippen LogP contribution in [0.5, 0.6) is 0 Å². The smallest absolute Gasteiger partial charge is 0.225 e. The molecule has 1 aliphatic carbocycles. The van der Waals surface area contributed by atoms with E-state index in [1.165, 1.54) is 0 Å². The molecule has 10 nitrogen and oxygen atoms in total. The number of fused-ring (bicyclic) bond motifs is 1. The largest absolute Gasteiger partial charge is 0.370 e. The summed E-state index contributed by atoms with van der Waals surface area (Å²) in [5.74, 6) is 1.69. The van der Waals surface area contributed by atoms with Crippen LogP contribution in [0.3, 0.4) is 0 Å². The van der Waals surface area contributed by atoms with Crippen molar-refractivity contribution in [2.24, 2.45) is 11.3 Å². The third kappa shape index (κ3) is 4.40. The van der Waals surface area contributed by atoms with E-state index in [2.05, 4.69) is 49.8 Å². The van der Waals surface area contributed by atoms with Gasteiger partial charge in [-0.05, 0) is 57.9 Å². The molecule has 0 bridgehead atoms. The number of sulfone groups is 1. The van der Waals surface area contributed by atoms with Crippen LogP contribution < -0.4 is 15.8 Å². The van der Waals surface area contributed by atoms with Crippen LogP contribution in [0, 0.1) is 25.2 Å². The average molecular weight is 514 g/mol. The van der Waals surface area contributed by atoms with Crippen LogP contribution in [0.1, 0.15) is 67.1 Å². The molecule has 11 heteroatoms. The zero-order valence-corrected chi connectivity index (χ0v) is 22.0. The summed E-state index contributed by atoms with van der Waals surface area (Å²) in [6.07, 6.45) is 9.58. The topological polar surface area (TPSA) is 122 Å². The summed E-state index contributed by atoms with van der Waals surface area (Å²) >= 11 is 0. The van der Waals surface area contributed by atoms with Crippen molar-refractivity contribution in [2.75, 3.05) is 29.5 Å². The van der Waals surface area contributed by atoms with Crippen LogP contribution >= 0.6 is 0 Å². The zero-order valence-electron chi connectivity index (χ0n) is 21.1. The molecule has 2 aromatic rings. The number of ether oxygens (including phenoxy) is 1. The van der Waals surface area contributed by atoms with Gasteiger partial charge in [0.15, 0.2) is 9.84 Å². The fourth-order valence-corrected chi connectivity index (χ4v) is 8.99. The highest BCUT2D eigenvalue weighted by Gasteiger charge is 2.51. The first-order valence-corrected chi connectivity index (χ1v) is 14.8. The molecule has 36 heavy (non-hydrogen) atoms. The molecule has 0 amide bonds. The quantitative estimate of drug-likeness (QED) is 0.613. The van der Waals surface area contributed by atoms with E-state index in [0.29, 0.717) is 29.4 Å². The van der Waals surface area contributed by atoms with Gasteiger partial charge in [-0.1, -0.05) is 0 Å². The molecule has 2 N–H and O–H groups in total. The lowest BCUT2D eigenvalue weighted by Gasteiger charge is -2.47. The predicted molar refractivity (Wildman–Crippen MR) is 135 cm³/mol. The SMILES string of the molecule is Cc1cnnc(C)c1[C@H](C)OC1CCC2NNC(c3cnc(N4CC5(CCS(=O)(=O)C5)C4)nc3)C2C1. The molecule has 5 atom stereocenters. The van der Waals surface area contributed by atoms with E-state index in [4.69, 9.17) is 4.74 Å². The van der Waals surface area contributed by atoms with E-state index < -0.39 is 9.84 Å². The Morgan fingerprint density at radius 3 is 2.61 bits per heavy atom. The second kappa shape index (κ2) is 8.97. The second-order valence-electron chi connectivity index (χ2n) is 11.3. The second-order valence-corrected chi connectivity index (χ2v) is 13.5. The van der Waals surface area contributed by atoms with Gasteiger partial charge in [-0.25, -0.2) is 23.8 Å². The first kappa shape index (κ1) is 24.1. The number of hydrogen-bond donors (Lipinski definition) is 2. The fraction of sp³-hybridized carbons (Fsp3) is 0.680. The fourth-order valence-electron chi connectivity index (χ4n) is 6.85. The van der Waals surface area contributed by atoms with Gasteiger partial charge in [0.1, 0.15) is 0 Å². The van der Waals surface area contributed by atoms with Gasteiger partial charge in [0.25, 0.3) is 0 Å². The normalized spacial score (nSPS) is 31.2. The average Bonchev–Trinajstić information content (AvgIpc) is 3.38. The van der Waals surface area contributed by atoms with Crippen LogP contribution in [0.25, 0.3) is 0 Å². The van der Waals surface area contributed by atoms with E-state index in [-0.39, 0.29) is 23.7 Å². The summed E-state index contributed by atoms with van der Waals surface area (Å²) in [4.78, 5) is 11.4. The minimum absolute atomic E-state index is 0.0277. The summed E-state index contributed by atoms with van der Waals surface area (Å²) in [5.41, 5.74) is 11.1. The van der Waals surface area contributed by atoms with Gasteiger partial charge in [-0.15, -0.1) is 0 Å². The van der Waals surface area contributed by atoms with Crippen LogP contribution in [0.2, 0.25) is 0 Å². The Morgan fingerprint density at radius 2 is 1.92 bits per heavy atom. The monoisotopic (exact) mass is 513 g/mol. The maximum absolute atomic E-state index is 11.9. The van der Waals surface area contributed by atoms with Gasteiger partial charge in [0, 0.05) is 48.1 Å². The Balaban J connectivity index is 1.09. The molecule has 2 aromatic heterocycles. The van der Waals surface area contributed by atoms with Gasteiger partial charge < -0.3 is 9.64 Å². The van der Waals surface area contributed by atoms with Crippen molar-refractivity contribution in [2.45, 2.75) is 70.7 Å². The van der Waals surface area contributed by atoms with E-state index in [0.717, 1.165) is 61.2 Å². The summed E-state index contributed by atoms with van der Waals surface area (Å²) in [7, 11) is -2.88. The predicted octanol–water partition coefficient (Wildman–Crippen LogP) is 1.97. The molecule has 4 aliphatic rings. The Hall–Kier alpha value is -2.21. The number of aromatic nitrogens is 4. The van der Waals surface area contributed by atoms with Gasteiger partial charge in [-0.3, -0.25) is 5.43 Å². The van der Waals surface area contributed by atoms with Gasteiger partial charge in [-0.2, -0.15) is 10.2 Å². The Morgan fingerprint density at radius 1 is 1.14 bits per heavy atom. The molecule has 0 radical (unpaired) electrons. The third-order valence-corrected chi connectivity index (χ3v) is 10.5. The minimum Gasteiger partial charge on any atom is -0.370 e.